The number of aromatic nitrogens is 3. The molecule has 2 aromatic heterocycles. The molecule has 0 unspecified atom stereocenters. The molecule has 7 nitrogen and oxygen atoms in total. The molecule has 8 heteroatoms. The summed E-state index contributed by atoms with van der Waals surface area (Å²) in [6.07, 6.45) is 1.79. The van der Waals surface area contributed by atoms with Crippen molar-refractivity contribution < 1.29 is 0 Å². The van der Waals surface area contributed by atoms with Gasteiger partial charge in [0.1, 0.15) is 0 Å². The SMILES string of the molecule is CN=C(NCCNc1nc2ccccc2s1)NCc1ccnn1C. The van der Waals surface area contributed by atoms with Crippen molar-refractivity contribution in [1.29, 1.82) is 0 Å². The van der Waals surface area contributed by atoms with Crippen LogP contribution in [0.1, 0.15) is 5.69 Å². The third-order valence-electron chi connectivity index (χ3n) is 3.57. The molecule has 0 amide bonds. The van der Waals surface area contributed by atoms with E-state index >= 15 is 0 Å². The molecule has 3 rings (SSSR count). The van der Waals surface area contributed by atoms with Crippen molar-refractivity contribution in [1.82, 2.24) is 25.4 Å². The Morgan fingerprint density at radius 1 is 1.21 bits per heavy atom. The first-order valence-electron chi connectivity index (χ1n) is 7.77. The van der Waals surface area contributed by atoms with Crippen molar-refractivity contribution in [2.45, 2.75) is 6.54 Å². The minimum atomic E-state index is 0.682. The van der Waals surface area contributed by atoms with E-state index in [2.05, 4.69) is 37.1 Å². The second-order valence-corrected chi connectivity index (χ2v) is 6.24. The number of hydrogen-bond donors (Lipinski definition) is 3. The van der Waals surface area contributed by atoms with Crippen molar-refractivity contribution in [3.8, 4) is 0 Å². The van der Waals surface area contributed by atoms with Crippen LogP contribution < -0.4 is 16.0 Å². The number of aryl methyl sites for hydroxylation is 1. The lowest BCUT2D eigenvalue weighted by Gasteiger charge is -2.12. The number of para-hydroxylation sites is 1. The summed E-state index contributed by atoms with van der Waals surface area (Å²) >= 11 is 1.67. The molecule has 2 heterocycles. The van der Waals surface area contributed by atoms with Gasteiger partial charge in [-0.1, -0.05) is 23.5 Å². The van der Waals surface area contributed by atoms with Gasteiger partial charge in [0.2, 0.25) is 0 Å². The fourth-order valence-electron chi connectivity index (χ4n) is 2.27. The van der Waals surface area contributed by atoms with Crippen molar-refractivity contribution in [3.05, 3.63) is 42.2 Å². The zero-order chi connectivity index (χ0) is 16.8. The van der Waals surface area contributed by atoms with Crippen LogP contribution in [0.25, 0.3) is 10.2 Å². The van der Waals surface area contributed by atoms with Crippen molar-refractivity contribution in [2.24, 2.45) is 12.0 Å². The zero-order valence-electron chi connectivity index (χ0n) is 13.8. The molecular weight excluding hydrogens is 322 g/mol. The van der Waals surface area contributed by atoms with Crippen molar-refractivity contribution in [3.63, 3.8) is 0 Å². The van der Waals surface area contributed by atoms with E-state index in [-0.39, 0.29) is 0 Å². The predicted molar refractivity (Wildman–Crippen MR) is 99.5 cm³/mol. The van der Waals surface area contributed by atoms with Gasteiger partial charge in [-0.05, 0) is 18.2 Å². The first kappa shape index (κ1) is 16.3. The van der Waals surface area contributed by atoms with Crippen LogP contribution in [0.15, 0.2) is 41.5 Å². The average molecular weight is 343 g/mol. The smallest absolute Gasteiger partial charge is 0.191 e. The van der Waals surface area contributed by atoms with Crippen LogP contribution in [0, 0.1) is 0 Å². The predicted octanol–water partition coefficient (Wildman–Crippen LogP) is 1.81. The maximum atomic E-state index is 4.55. The third kappa shape index (κ3) is 4.02. The van der Waals surface area contributed by atoms with Crippen LogP contribution in [0.2, 0.25) is 0 Å². The van der Waals surface area contributed by atoms with Crippen molar-refractivity contribution >= 4 is 32.6 Å². The number of guanidine groups is 1. The Balaban J connectivity index is 1.42. The number of nitrogens with zero attached hydrogens (tertiary/aromatic N) is 4. The highest BCUT2D eigenvalue weighted by Gasteiger charge is 2.03. The van der Waals surface area contributed by atoms with Gasteiger partial charge in [0.05, 0.1) is 22.5 Å². The monoisotopic (exact) mass is 343 g/mol. The fraction of sp³-hybridized carbons (Fsp3) is 0.312. The summed E-state index contributed by atoms with van der Waals surface area (Å²) in [5.41, 5.74) is 2.14. The second kappa shape index (κ2) is 7.78. The largest absolute Gasteiger partial charge is 0.360 e. The van der Waals surface area contributed by atoms with E-state index in [4.69, 9.17) is 0 Å². The number of rotatable bonds is 6. The maximum absolute atomic E-state index is 4.55. The summed E-state index contributed by atoms with van der Waals surface area (Å²) in [7, 11) is 3.69. The lowest BCUT2D eigenvalue weighted by atomic mass is 10.3. The maximum Gasteiger partial charge on any atom is 0.191 e. The average Bonchev–Trinajstić information content (AvgIpc) is 3.19. The van der Waals surface area contributed by atoms with E-state index in [1.807, 2.05) is 36.0 Å². The summed E-state index contributed by atoms with van der Waals surface area (Å²) in [4.78, 5) is 8.77. The van der Waals surface area contributed by atoms with E-state index in [9.17, 15) is 0 Å². The number of thiazole rings is 1. The van der Waals surface area contributed by atoms with Gasteiger partial charge < -0.3 is 16.0 Å². The Morgan fingerprint density at radius 3 is 2.83 bits per heavy atom. The molecule has 24 heavy (non-hydrogen) atoms. The minimum absolute atomic E-state index is 0.682. The molecule has 0 aliphatic rings. The molecule has 0 aliphatic carbocycles. The standard InChI is InChI=1S/C16H21N7S/c1-17-15(20-11-12-7-8-21-23(12)2)18-9-10-19-16-22-13-5-3-4-6-14(13)24-16/h3-8H,9-11H2,1-2H3,(H,19,22)(H2,17,18,20). The Bertz CT molecular complexity index is 788. The number of nitrogens with one attached hydrogen (secondary N) is 3. The first-order valence-corrected chi connectivity index (χ1v) is 8.59. The van der Waals surface area contributed by atoms with Crippen LogP contribution >= 0.6 is 11.3 Å². The van der Waals surface area contributed by atoms with Gasteiger partial charge in [0, 0.05) is 33.4 Å². The first-order chi connectivity index (χ1) is 11.8. The Hall–Kier alpha value is -2.61. The van der Waals surface area contributed by atoms with Crippen LogP contribution in [0.5, 0.6) is 0 Å². The number of anilines is 1. The molecule has 0 aliphatic heterocycles. The summed E-state index contributed by atoms with van der Waals surface area (Å²) in [6, 6.07) is 10.1. The second-order valence-electron chi connectivity index (χ2n) is 5.21. The molecule has 126 valence electrons. The van der Waals surface area contributed by atoms with Crippen molar-refractivity contribution in [2.75, 3.05) is 25.5 Å². The Morgan fingerprint density at radius 2 is 2.08 bits per heavy atom. The summed E-state index contributed by atoms with van der Waals surface area (Å²) < 4.78 is 3.04. The summed E-state index contributed by atoms with van der Waals surface area (Å²) in [5.74, 6) is 0.766. The Labute approximate surface area is 144 Å². The lowest BCUT2D eigenvalue weighted by Crippen LogP contribution is -2.39. The number of aliphatic imine (C=N–C) groups is 1. The molecule has 0 saturated heterocycles. The fourth-order valence-corrected chi connectivity index (χ4v) is 3.16. The van der Waals surface area contributed by atoms with E-state index in [1.54, 1.807) is 24.6 Å². The lowest BCUT2D eigenvalue weighted by molar-refractivity contribution is 0.685. The molecule has 0 fully saturated rings. The molecule has 3 N–H and O–H groups in total. The summed E-state index contributed by atoms with van der Waals surface area (Å²) in [5, 5.41) is 15.0. The van der Waals surface area contributed by atoms with Gasteiger partial charge >= 0.3 is 0 Å². The number of benzene rings is 1. The van der Waals surface area contributed by atoms with Crippen LogP contribution in [-0.4, -0.2) is 40.9 Å². The van der Waals surface area contributed by atoms with Gasteiger partial charge in [-0.15, -0.1) is 0 Å². The van der Waals surface area contributed by atoms with Gasteiger partial charge in [0.25, 0.3) is 0 Å². The number of fused-ring (bicyclic) bond motifs is 1. The molecule has 0 bridgehead atoms. The quantitative estimate of drug-likeness (QED) is 0.361. The molecule has 1 aromatic carbocycles. The number of hydrogen-bond acceptors (Lipinski definition) is 5. The van der Waals surface area contributed by atoms with E-state index in [1.165, 1.54) is 4.70 Å². The molecular formula is C16H21N7S. The topological polar surface area (TPSA) is 79.2 Å². The highest BCUT2D eigenvalue weighted by Crippen LogP contribution is 2.24. The van der Waals surface area contributed by atoms with E-state index in [0.29, 0.717) is 6.54 Å². The van der Waals surface area contributed by atoms with Gasteiger partial charge in [-0.2, -0.15) is 5.10 Å². The molecule has 0 saturated carbocycles. The van der Waals surface area contributed by atoms with Gasteiger partial charge in [0.15, 0.2) is 11.1 Å². The molecule has 0 spiro atoms. The normalized spacial score (nSPS) is 11.7. The van der Waals surface area contributed by atoms with Crippen LogP contribution in [0.3, 0.4) is 0 Å². The van der Waals surface area contributed by atoms with Gasteiger partial charge in [-0.25, -0.2) is 4.98 Å². The van der Waals surface area contributed by atoms with Crippen LogP contribution in [0.4, 0.5) is 5.13 Å². The minimum Gasteiger partial charge on any atom is -0.360 e. The molecule has 0 atom stereocenters. The van der Waals surface area contributed by atoms with Crippen LogP contribution in [-0.2, 0) is 13.6 Å². The van der Waals surface area contributed by atoms with E-state index < -0.39 is 0 Å². The van der Waals surface area contributed by atoms with Gasteiger partial charge in [-0.3, -0.25) is 9.67 Å². The zero-order valence-corrected chi connectivity index (χ0v) is 14.6. The molecule has 3 aromatic rings. The highest BCUT2D eigenvalue weighted by atomic mass is 32.1. The van der Waals surface area contributed by atoms with E-state index in [0.717, 1.165) is 35.4 Å². The highest BCUT2D eigenvalue weighted by molar-refractivity contribution is 7.22. The Kier molecular flexibility index (Phi) is 5.27. The molecule has 0 radical (unpaired) electrons. The summed E-state index contributed by atoms with van der Waals surface area (Å²) in [6.45, 7) is 2.20. The third-order valence-corrected chi connectivity index (χ3v) is 4.56.